The van der Waals surface area contributed by atoms with Crippen molar-refractivity contribution in [3.63, 3.8) is 0 Å². The van der Waals surface area contributed by atoms with Crippen LogP contribution >= 0.6 is 22.6 Å². The highest BCUT2D eigenvalue weighted by molar-refractivity contribution is 14.1. The summed E-state index contributed by atoms with van der Waals surface area (Å²) in [4.78, 5) is 10.4. The largest absolute Gasteiger partial charge is 0.480 e. The van der Waals surface area contributed by atoms with Crippen LogP contribution in [-0.4, -0.2) is 17.1 Å². The van der Waals surface area contributed by atoms with E-state index in [1.165, 1.54) is 0 Å². The van der Waals surface area contributed by atoms with Crippen LogP contribution in [0.25, 0.3) is 0 Å². The highest BCUT2D eigenvalue weighted by Crippen LogP contribution is 2.08. The highest BCUT2D eigenvalue weighted by atomic mass is 127. The molecule has 1 aromatic rings. The third kappa shape index (κ3) is 3.31. The van der Waals surface area contributed by atoms with Crippen LogP contribution in [0.4, 0.5) is 0 Å². The van der Waals surface area contributed by atoms with Crippen LogP contribution in [0, 0.1) is 3.57 Å². The molecule has 0 bridgehead atoms. The maximum absolute atomic E-state index is 10.4. The molecule has 0 saturated heterocycles. The molecule has 0 radical (unpaired) electrons. The zero-order valence-corrected chi connectivity index (χ0v) is 9.06. The van der Waals surface area contributed by atoms with Crippen LogP contribution in [0.1, 0.15) is 5.56 Å². The normalized spacial score (nSPS) is 12.5. The van der Waals surface area contributed by atoms with Crippen LogP contribution in [0.5, 0.6) is 0 Å². The van der Waals surface area contributed by atoms with E-state index in [1.54, 1.807) is 0 Å². The van der Waals surface area contributed by atoms with E-state index in [0.29, 0.717) is 6.42 Å². The van der Waals surface area contributed by atoms with Gasteiger partial charge in [0.1, 0.15) is 6.04 Å². The van der Waals surface area contributed by atoms with E-state index < -0.39 is 12.0 Å². The van der Waals surface area contributed by atoms with Gasteiger partial charge in [-0.15, -0.1) is 0 Å². The van der Waals surface area contributed by atoms with Gasteiger partial charge in [0, 0.05) is 3.57 Å². The Morgan fingerprint density at radius 3 is 2.46 bits per heavy atom. The molecule has 13 heavy (non-hydrogen) atoms. The summed E-state index contributed by atoms with van der Waals surface area (Å²) in [6, 6.07) is 6.85. The van der Waals surface area contributed by atoms with Crippen molar-refractivity contribution in [1.29, 1.82) is 0 Å². The number of carbonyl (C=O) groups is 1. The Kier molecular flexibility index (Phi) is 3.68. The lowest BCUT2D eigenvalue weighted by molar-refractivity contribution is -0.138. The molecule has 3 nitrogen and oxygen atoms in total. The molecular formula is C9H10INO2. The number of rotatable bonds is 3. The first-order valence-corrected chi connectivity index (χ1v) is 4.90. The number of hydrogen-bond donors (Lipinski definition) is 2. The molecule has 0 fully saturated rings. The summed E-state index contributed by atoms with van der Waals surface area (Å²) in [5.41, 5.74) is 6.34. The number of nitrogens with two attached hydrogens (primary N) is 1. The van der Waals surface area contributed by atoms with E-state index in [9.17, 15) is 4.79 Å². The molecule has 1 rings (SSSR count). The predicted octanol–water partition coefficient (Wildman–Crippen LogP) is 1.25. The number of carboxylic acid groups (broad SMARTS) is 1. The second-order valence-corrected chi connectivity index (χ2v) is 4.02. The van der Waals surface area contributed by atoms with Crippen molar-refractivity contribution in [3.8, 4) is 0 Å². The van der Waals surface area contributed by atoms with E-state index in [1.807, 2.05) is 24.3 Å². The van der Waals surface area contributed by atoms with Crippen LogP contribution in [0.2, 0.25) is 0 Å². The molecule has 0 aliphatic heterocycles. The van der Waals surface area contributed by atoms with Crippen LogP contribution in [0.15, 0.2) is 24.3 Å². The molecular weight excluding hydrogens is 281 g/mol. The molecule has 0 aliphatic carbocycles. The lowest BCUT2D eigenvalue weighted by Crippen LogP contribution is -2.32. The van der Waals surface area contributed by atoms with Crippen LogP contribution in [0.3, 0.4) is 0 Å². The zero-order chi connectivity index (χ0) is 9.84. The first-order valence-electron chi connectivity index (χ1n) is 3.82. The molecule has 1 aromatic carbocycles. The first kappa shape index (κ1) is 10.5. The van der Waals surface area contributed by atoms with Crippen LogP contribution in [-0.2, 0) is 11.2 Å². The van der Waals surface area contributed by atoms with Gasteiger partial charge in [-0.05, 0) is 46.7 Å². The van der Waals surface area contributed by atoms with Crippen molar-refractivity contribution >= 4 is 28.6 Å². The fourth-order valence-electron chi connectivity index (χ4n) is 0.962. The van der Waals surface area contributed by atoms with E-state index in [0.717, 1.165) is 9.13 Å². The zero-order valence-electron chi connectivity index (χ0n) is 6.90. The molecule has 1 atom stereocenters. The highest BCUT2D eigenvalue weighted by Gasteiger charge is 2.11. The molecule has 0 aromatic heterocycles. The van der Waals surface area contributed by atoms with Crippen molar-refractivity contribution < 1.29 is 9.90 Å². The summed E-state index contributed by atoms with van der Waals surface area (Å²) in [6.07, 6.45) is 0.381. The summed E-state index contributed by atoms with van der Waals surface area (Å²) >= 11 is 2.20. The minimum Gasteiger partial charge on any atom is -0.480 e. The Morgan fingerprint density at radius 1 is 1.46 bits per heavy atom. The topological polar surface area (TPSA) is 63.3 Å². The van der Waals surface area contributed by atoms with Crippen LogP contribution < -0.4 is 5.73 Å². The van der Waals surface area contributed by atoms with E-state index in [4.69, 9.17) is 10.8 Å². The number of aliphatic carboxylic acids is 1. The van der Waals surface area contributed by atoms with Gasteiger partial charge in [0.2, 0.25) is 0 Å². The van der Waals surface area contributed by atoms with Gasteiger partial charge in [0.15, 0.2) is 0 Å². The number of carboxylic acids is 1. The van der Waals surface area contributed by atoms with Gasteiger partial charge in [-0.25, -0.2) is 0 Å². The SMILES string of the molecule is N[C@H](Cc1ccc(I)cc1)C(=O)O. The quantitative estimate of drug-likeness (QED) is 0.824. The minimum atomic E-state index is -0.960. The molecule has 0 spiro atoms. The Hall–Kier alpha value is -0.620. The molecule has 0 unspecified atom stereocenters. The van der Waals surface area contributed by atoms with Crippen molar-refractivity contribution in [3.05, 3.63) is 33.4 Å². The number of hydrogen-bond acceptors (Lipinski definition) is 2. The van der Waals surface area contributed by atoms with Crippen molar-refractivity contribution in [2.75, 3.05) is 0 Å². The van der Waals surface area contributed by atoms with E-state index in [2.05, 4.69) is 22.6 Å². The first-order chi connectivity index (χ1) is 6.09. The molecule has 0 saturated carbocycles. The smallest absolute Gasteiger partial charge is 0.320 e. The maximum Gasteiger partial charge on any atom is 0.320 e. The van der Waals surface area contributed by atoms with E-state index >= 15 is 0 Å². The lowest BCUT2D eigenvalue weighted by Gasteiger charge is -2.05. The lowest BCUT2D eigenvalue weighted by atomic mass is 10.1. The summed E-state index contributed by atoms with van der Waals surface area (Å²) in [5.74, 6) is -0.960. The third-order valence-electron chi connectivity index (χ3n) is 1.69. The Bertz CT molecular complexity index is 297. The average molecular weight is 291 g/mol. The van der Waals surface area contributed by atoms with E-state index in [-0.39, 0.29) is 0 Å². The molecule has 4 heteroatoms. The monoisotopic (exact) mass is 291 g/mol. The molecule has 3 N–H and O–H groups in total. The predicted molar refractivity (Wildman–Crippen MR) is 58.5 cm³/mol. The van der Waals surface area contributed by atoms with Gasteiger partial charge in [0.25, 0.3) is 0 Å². The van der Waals surface area contributed by atoms with Gasteiger partial charge in [-0.2, -0.15) is 0 Å². The summed E-state index contributed by atoms with van der Waals surface area (Å²) in [7, 11) is 0. The summed E-state index contributed by atoms with van der Waals surface area (Å²) in [5, 5.41) is 8.57. The Morgan fingerprint density at radius 2 is 2.00 bits per heavy atom. The van der Waals surface area contributed by atoms with Gasteiger partial charge in [0.05, 0.1) is 0 Å². The molecule has 70 valence electrons. The molecule has 0 amide bonds. The van der Waals surface area contributed by atoms with Crippen molar-refractivity contribution in [2.45, 2.75) is 12.5 Å². The second-order valence-electron chi connectivity index (χ2n) is 2.78. The molecule has 0 aliphatic rings. The Balaban J connectivity index is 2.64. The van der Waals surface area contributed by atoms with Gasteiger partial charge >= 0.3 is 5.97 Å². The van der Waals surface area contributed by atoms with Crippen molar-refractivity contribution in [1.82, 2.24) is 0 Å². The number of benzene rings is 1. The minimum absolute atomic E-state index is 0.381. The van der Waals surface area contributed by atoms with Gasteiger partial charge in [-0.3, -0.25) is 4.79 Å². The standard InChI is InChI=1S/C9H10INO2/c10-7-3-1-6(2-4-7)5-8(11)9(12)13/h1-4,8H,5,11H2,(H,12,13)/t8-/m1/s1. The average Bonchev–Trinajstić information content (AvgIpc) is 2.08. The number of halogens is 1. The van der Waals surface area contributed by atoms with Gasteiger partial charge < -0.3 is 10.8 Å². The van der Waals surface area contributed by atoms with Gasteiger partial charge in [-0.1, -0.05) is 12.1 Å². The third-order valence-corrected chi connectivity index (χ3v) is 2.41. The Labute approximate surface area is 90.1 Å². The van der Waals surface area contributed by atoms with Crippen molar-refractivity contribution in [2.24, 2.45) is 5.73 Å². The maximum atomic E-state index is 10.4. The summed E-state index contributed by atoms with van der Waals surface area (Å²) < 4.78 is 1.13. The second kappa shape index (κ2) is 4.57. The fraction of sp³-hybridized carbons (Fsp3) is 0.222. The molecule has 0 heterocycles. The summed E-state index contributed by atoms with van der Waals surface area (Å²) in [6.45, 7) is 0. The fourth-order valence-corrected chi connectivity index (χ4v) is 1.32.